The summed E-state index contributed by atoms with van der Waals surface area (Å²) in [5, 5.41) is 14.8. The third kappa shape index (κ3) is 9.94. The third-order valence-electron chi connectivity index (χ3n) is 6.83. The molecule has 9 nitrogen and oxygen atoms in total. The molecule has 16 heteroatoms. The molecule has 4 N–H and O–H groups in total. The Balaban J connectivity index is 0.000000676. The van der Waals surface area contributed by atoms with Crippen molar-refractivity contribution in [3.05, 3.63) is 54.1 Å². The number of rotatable bonds is 9. The number of anilines is 2. The van der Waals surface area contributed by atoms with Gasteiger partial charge in [0.05, 0.1) is 16.0 Å². The fourth-order valence-corrected chi connectivity index (χ4v) is 6.00. The minimum absolute atomic E-state index is 0.0721. The molecule has 2 aromatic carbocycles. The second kappa shape index (κ2) is 14.4. The van der Waals surface area contributed by atoms with E-state index in [9.17, 15) is 34.8 Å². The first-order valence-corrected chi connectivity index (χ1v) is 15.2. The number of carboxylic acids is 1. The van der Waals surface area contributed by atoms with E-state index in [1.165, 1.54) is 12.1 Å². The number of carbonyl (C=O) groups is 1. The lowest BCUT2D eigenvalue weighted by molar-refractivity contribution is -0.192. The van der Waals surface area contributed by atoms with Gasteiger partial charge in [-0.1, -0.05) is 24.3 Å². The summed E-state index contributed by atoms with van der Waals surface area (Å²) in [5.74, 6) is -0.975. The Kier molecular flexibility index (Phi) is 11.4. The molecule has 0 unspecified atom stereocenters. The van der Waals surface area contributed by atoms with E-state index in [2.05, 4.69) is 39.2 Å². The Bertz CT molecular complexity index is 1520. The number of nitrogens with zero attached hydrogens (tertiary/aromatic N) is 2. The highest BCUT2D eigenvalue weighted by Crippen LogP contribution is 2.34. The van der Waals surface area contributed by atoms with Crippen molar-refractivity contribution in [1.82, 2.24) is 14.7 Å². The van der Waals surface area contributed by atoms with Crippen molar-refractivity contribution < 1.29 is 44.7 Å². The van der Waals surface area contributed by atoms with E-state index < -0.39 is 38.8 Å². The maximum absolute atomic E-state index is 13.3. The van der Waals surface area contributed by atoms with Gasteiger partial charge in [0.15, 0.2) is 0 Å². The standard InChI is InChI=1S/C26H32F3N5O2S.C2HF3O2/c1-17(2)32-24-20-7-3-5-9-22(20)33-25(34-24)30-15-18-11-13-19(14-12-18)16-31-37(35,36)23-10-6-4-8-21(23)26(27,28)29;3-2(4,5)1(6)7/h3-10,17-19,31H,11-16H2,1-2H3,(H2,30,32,33,34);(H,6,7). The number of nitrogens with one attached hydrogen (secondary N) is 3. The summed E-state index contributed by atoms with van der Waals surface area (Å²) in [7, 11) is -4.27. The van der Waals surface area contributed by atoms with Crippen LogP contribution in [-0.4, -0.2) is 54.8 Å². The van der Waals surface area contributed by atoms with Crippen molar-refractivity contribution in [3.8, 4) is 0 Å². The predicted octanol–water partition coefficient (Wildman–Crippen LogP) is 6.30. The minimum Gasteiger partial charge on any atom is -0.475 e. The number of para-hydroxylation sites is 1. The van der Waals surface area contributed by atoms with Gasteiger partial charge >= 0.3 is 18.3 Å². The Morgan fingerprint density at radius 3 is 2.02 bits per heavy atom. The first kappa shape index (κ1) is 34.8. The molecular formula is C28H33F6N5O4S. The lowest BCUT2D eigenvalue weighted by Crippen LogP contribution is -2.33. The highest BCUT2D eigenvalue weighted by atomic mass is 32.2. The molecule has 0 atom stereocenters. The van der Waals surface area contributed by atoms with E-state index in [4.69, 9.17) is 9.90 Å². The number of aliphatic carboxylic acids is 1. The van der Waals surface area contributed by atoms with Crippen molar-refractivity contribution in [2.45, 2.75) is 62.8 Å². The molecule has 1 aliphatic rings. The first-order valence-electron chi connectivity index (χ1n) is 13.7. The molecule has 0 aliphatic heterocycles. The van der Waals surface area contributed by atoms with Crippen LogP contribution in [-0.2, 0) is 21.0 Å². The van der Waals surface area contributed by atoms with E-state index >= 15 is 0 Å². The van der Waals surface area contributed by atoms with Crippen LogP contribution in [0.5, 0.6) is 0 Å². The molecule has 4 rings (SSSR count). The number of benzene rings is 2. The maximum atomic E-state index is 13.3. The molecule has 1 fully saturated rings. The summed E-state index contributed by atoms with van der Waals surface area (Å²) >= 11 is 0. The van der Waals surface area contributed by atoms with Gasteiger partial charge in [0, 0.05) is 24.5 Å². The lowest BCUT2D eigenvalue weighted by atomic mass is 9.82. The SMILES string of the molecule is CC(C)Nc1nc(NCC2CCC(CNS(=O)(=O)c3ccccc3C(F)(F)F)CC2)nc2ccccc12.O=C(O)C(F)(F)F. The second-order valence-electron chi connectivity index (χ2n) is 10.6. The number of fused-ring (bicyclic) bond motifs is 1. The van der Waals surface area contributed by atoms with Gasteiger partial charge in [-0.15, -0.1) is 0 Å². The molecule has 1 heterocycles. The topological polar surface area (TPSA) is 133 Å². The molecule has 0 bridgehead atoms. The van der Waals surface area contributed by atoms with Crippen LogP contribution in [0.2, 0.25) is 0 Å². The first-order chi connectivity index (χ1) is 20.5. The lowest BCUT2D eigenvalue weighted by Gasteiger charge is -2.29. The van der Waals surface area contributed by atoms with Crippen molar-refractivity contribution in [1.29, 1.82) is 0 Å². The summed E-state index contributed by atoms with van der Waals surface area (Å²) in [6.45, 7) is 4.92. The molecule has 1 saturated carbocycles. The summed E-state index contributed by atoms with van der Waals surface area (Å²) in [6, 6.07) is 12.3. The van der Waals surface area contributed by atoms with Crippen LogP contribution >= 0.6 is 0 Å². The number of hydrogen-bond acceptors (Lipinski definition) is 7. The zero-order valence-corrected chi connectivity index (χ0v) is 24.7. The largest absolute Gasteiger partial charge is 0.490 e. The fraction of sp³-hybridized carbons (Fsp3) is 0.464. The normalized spacial score (nSPS) is 17.6. The molecule has 1 aliphatic carbocycles. The van der Waals surface area contributed by atoms with Gasteiger partial charge in [-0.25, -0.2) is 22.9 Å². The zero-order chi connectivity index (χ0) is 32.7. The molecule has 0 amide bonds. The van der Waals surface area contributed by atoms with Crippen LogP contribution in [0.1, 0.15) is 45.1 Å². The Morgan fingerprint density at radius 2 is 1.45 bits per heavy atom. The van der Waals surface area contributed by atoms with Gasteiger partial charge in [0.25, 0.3) is 0 Å². The highest BCUT2D eigenvalue weighted by molar-refractivity contribution is 7.89. The number of sulfonamides is 1. The van der Waals surface area contributed by atoms with Crippen LogP contribution in [0, 0.1) is 11.8 Å². The van der Waals surface area contributed by atoms with Crippen molar-refractivity contribution in [3.63, 3.8) is 0 Å². The fourth-order valence-electron chi connectivity index (χ4n) is 4.65. The van der Waals surface area contributed by atoms with E-state index in [1.54, 1.807) is 0 Å². The van der Waals surface area contributed by atoms with Gasteiger partial charge < -0.3 is 15.7 Å². The monoisotopic (exact) mass is 649 g/mol. The number of hydrogen-bond donors (Lipinski definition) is 4. The van der Waals surface area contributed by atoms with Gasteiger partial charge in [-0.2, -0.15) is 31.3 Å². The van der Waals surface area contributed by atoms with Crippen LogP contribution in [0.3, 0.4) is 0 Å². The van der Waals surface area contributed by atoms with E-state index in [-0.39, 0.29) is 18.5 Å². The number of alkyl halides is 6. The van der Waals surface area contributed by atoms with E-state index in [0.29, 0.717) is 18.4 Å². The second-order valence-corrected chi connectivity index (χ2v) is 12.4. The molecule has 1 aromatic heterocycles. The van der Waals surface area contributed by atoms with E-state index in [1.807, 2.05) is 24.3 Å². The zero-order valence-electron chi connectivity index (χ0n) is 23.8. The Morgan fingerprint density at radius 1 is 0.909 bits per heavy atom. The van der Waals surface area contributed by atoms with E-state index in [0.717, 1.165) is 54.5 Å². The average molecular weight is 650 g/mol. The van der Waals surface area contributed by atoms with Crippen LogP contribution in [0.25, 0.3) is 10.9 Å². The molecule has 3 aromatic rings. The third-order valence-corrected chi connectivity index (χ3v) is 8.31. The summed E-state index contributed by atoms with van der Waals surface area (Å²) in [6.07, 6.45) is -6.49. The molecule has 242 valence electrons. The maximum Gasteiger partial charge on any atom is 0.490 e. The summed E-state index contributed by atoms with van der Waals surface area (Å²) < 4.78 is 99.1. The van der Waals surface area contributed by atoms with Gasteiger partial charge in [-0.3, -0.25) is 0 Å². The average Bonchev–Trinajstić information content (AvgIpc) is 2.95. The molecule has 0 spiro atoms. The van der Waals surface area contributed by atoms with Gasteiger partial charge in [0.1, 0.15) is 5.82 Å². The van der Waals surface area contributed by atoms with Gasteiger partial charge in [-0.05, 0) is 75.6 Å². The number of aromatic nitrogens is 2. The van der Waals surface area contributed by atoms with Crippen LogP contribution < -0.4 is 15.4 Å². The van der Waals surface area contributed by atoms with Crippen molar-refractivity contribution in [2.75, 3.05) is 23.7 Å². The molecule has 0 radical (unpaired) electrons. The quantitative estimate of drug-likeness (QED) is 0.199. The Hall–Kier alpha value is -3.66. The highest BCUT2D eigenvalue weighted by Gasteiger charge is 2.38. The summed E-state index contributed by atoms with van der Waals surface area (Å²) in [5.41, 5.74) is -0.300. The van der Waals surface area contributed by atoms with Crippen LogP contribution in [0.15, 0.2) is 53.4 Å². The Labute approximate surface area is 250 Å². The number of halogens is 6. The van der Waals surface area contributed by atoms with Crippen molar-refractivity contribution in [2.24, 2.45) is 11.8 Å². The molecule has 0 saturated heterocycles. The predicted molar refractivity (Wildman–Crippen MR) is 153 cm³/mol. The number of carboxylic acid groups (broad SMARTS) is 1. The van der Waals surface area contributed by atoms with Gasteiger partial charge in [0.2, 0.25) is 16.0 Å². The van der Waals surface area contributed by atoms with Crippen molar-refractivity contribution >= 4 is 38.7 Å². The summed E-state index contributed by atoms with van der Waals surface area (Å²) in [4.78, 5) is 17.5. The van der Waals surface area contributed by atoms with Crippen LogP contribution in [0.4, 0.5) is 38.1 Å². The minimum atomic E-state index is -5.08. The smallest absolute Gasteiger partial charge is 0.475 e. The molecular weight excluding hydrogens is 616 g/mol. The molecule has 44 heavy (non-hydrogen) atoms.